The van der Waals surface area contributed by atoms with Crippen LogP contribution in [0.4, 0.5) is 5.69 Å². The van der Waals surface area contributed by atoms with E-state index < -0.39 is 0 Å². The lowest BCUT2D eigenvalue weighted by Crippen LogP contribution is -2.02. The van der Waals surface area contributed by atoms with Crippen molar-refractivity contribution in [2.24, 2.45) is 7.05 Å². The summed E-state index contributed by atoms with van der Waals surface area (Å²) in [6, 6.07) is 7.92. The minimum absolute atomic E-state index is 0.619. The molecule has 0 atom stereocenters. The van der Waals surface area contributed by atoms with Crippen molar-refractivity contribution < 1.29 is 0 Å². The second-order valence-corrected chi connectivity index (χ2v) is 4.26. The summed E-state index contributed by atoms with van der Waals surface area (Å²) in [5.41, 5.74) is 2.83. The molecule has 2 aromatic heterocycles. The molecule has 0 amide bonds. The molecule has 0 saturated carbocycles. The van der Waals surface area contributed by atoms with Gasteiger partial charge in [0.15, 0.2) is 5.82 Å². The number of aromatic nitrogens is 6. The van der Waals surface area contributed by atoms with Gasteiger partial charge in [0, 0.05) is 30.7 Å². The van der Waals surface area contributed by atoms with Crippen molar-refractivity contribution in [3.8, 4) is 11.4 Å². The molecule has 0 radical (unpaired) electrons. The molecule has 0 spiro atoms. The van der Waals surface area contributed by atoms with Crippen LogP contribution in [0.2, 0.25) is 0 Å². The fourth-order valence-corrected chi connectivity index (χ4v) is 1.86. The summed E-state index contributed by atoms with van der Waals surface area (Å²) in [6.07, 6.45) is 5.08. The predicted molar refractivity (Wildman–Crippen MR) is 73.6 cm³/mol. The van der Waals surface area contributed by atoms with Crippen LogP contribution in [0.3, 0.4) is 0 Å². The van der Waals surface area contributed by atoms with Gasteiger partial charge in [-0.25, -0.2) is 4.68 Å². The van der Waals surface area contributed by atoms with Crippen molar-refractivity contribution in [1.82, 2.24) is 30.2 Å². The molecule has 0 aliphatic heterocycles. The van der Waals surface area contributed by atoms with E-state index in [1.54, 1.807) is 23.3 Å². The zero-order valence-corrected chi connectivity index (χ0v) is 10.9. The van der Waals surface area contributed by atoms with Crippen molar-refractivity contribution >= 4 is 5.69 Å². The molecular weight excluding hydrogens is 254 g/mol. The molecular formula is C13H13N7. The largest absolute Gasteiger partial charge is 0.379 e. The molecule has 0 bridgehead atoms. The molecule has 3 aromatic rings. The lowest BCUT2D eigenvalue weighted by molar-refractivity contribution is 0.714. The van der Waals surface area contributed by atoms with E-state index in [0.29, 0.717) is 6.54 Å². The van der Waals surface area contributed by atoms with Crippen molar-refractivity contribution in [2.45, 2.75) is 6.54 Å². The third-order valence-corrected chi connectivity index (χ3v) is 2.83. The number of anilines is 1. The number of benzene rings is 1. The van der Waals surface area contributed by atoms with Crippen molar-refractivity contribution in [1.29, 1.82) is 0 Å². The Labute approximate surface area is 115 Å². The Balaban J connectivity index is 1.77. The molecule has 3 rings (SSSR count). The highest BCUT2D eigenvalue weighted by Crippen LogP contribution is 2.19. The van der Waals surface area contributed by atoms with Crippen LogP contribution in [0.25, 0.3) is 11.4 Å². The maximum Gasteiger partial charge on any atom is 0.181 e. The van der Waals surface area contributed by atoms with Crippen LogP contribution in [0.15, 0.2) is 42.9 Å². The van der Waals surface area contributed by atoms with E-state index in [9.17, 15) is 0 Å². The van der Waals surface area contributed by atoms with Gasteiger partial charge in [-0.3, -0.25) is 9.97 Å². The number of nitrogens with zero attached hydrogens (tertiary/aromatic N) is 6. The van der Waals surface area contributed by atoms with Crippen molar-refractivity contribution in [3.63, 3.8) is 0 Å². The summed E-state index contributed by atoms with van der Waals surface area (Å²) >= 11 is 0. The van der Waals surface area contributed by atoms with Gasteiger partial charge in [-0.2, -0.15) is 0 Å². The molecule has 20 heavy (non-hydrogen) atoms. The topological polar surface area (TPSA) is 81.4 Å². The fraction of sp³-hybridized carbons (Fsp3) is 0.154. The van der Waals surface area contributed by atoms with Gasteiger partial charge in [-0.1, -0.05) is 12.1 Å². The monoisotopic (exact) mass is 267 g/mol. The van der Waals surface area contributed by atoms with E-state index in [1.165, 1.54) is 0 Å². The molecule has 0 fully saturated rings. The molecule has 0 aliphatic carbocycles. The highest BCUT2D eigenvalue weighted by molar-refractivity contribution is 5.62. The maximum atomic E-state index is 4.22. The Bertz CT molecular complexity index is 693. The lowest BCUT2D eigenvalue weighted by Gasteiger charge is -2.07. The van der Waals surface area contributed by atoms with Crippen LogP contribution < -0.4 is 5.32 Å². The number of nitrogens with one attached hydrogen (secondary N) is 1. The van der Waals surface area contributed by atoms with Gasteiger partial charge in [-0.05, 0) is 22.6 Å². The van der Waals surface area contributed by atoms with E-state index in [-0.39, 0.29) is 0 Å². The fourth-order valence-electron chi connectivity index (χ4n) is 1.86. The summed E-state index contributed by atoms with van der Waals surface area (Å²) < 4.78 is 1.64. The van der Waals surface area contributed by atoms with Gasteiger partial charge in [0.1, 0.15) is 0 Å². The van der Waals surface area contributed by atoms with E-state index in [4.69, 9.17) is 0 Å². The Morgan fingerprint density at radius 1 is 1.25 bits per heavy atom. The van der Waals surface area contributed by atoms with Gasteiger partial charge in [0.25, 0.3) is 0 Å². The van der Waals surface area contributed by atoms with Gasteiger partial charge in [-0.15, -0.1) is 5.10 Å². The molecule has 0 unspecified atom stereocenters. The number of rotatable bonds is 4. The SMILES string of the molecule is Cn1nnnc1-c1cccc(NCc2cnccn2)c1. The van der Waals surface area contributed by atoms with Gasteiger partial charge in [0.2, 0.25) is 0 Å². The maximum absolute atomic E-state index is 4.22. The Morgan fingerprint density at radius 2 is 2.20 bits per heavy atom. The van der Waals surface area contributed by atoms with E-state index in [1.807, 2.05) is 31.3 Å². The van der Waals surface area contributed by atoms with Gasteiger partial charge >= 0.3 is 0 Å². The predicted octanol–water partition coefficient (Wildman–Crippen LogP) is 1.28. The third kappa shape index (κ3) is 2.61. The van der Waals surface area contributed by atoms with Crippen LogP contribution in [0.5, 0.6) is 0 Å². The van der Waals surface area contributed by atoms with E-state index in [2.05, 4.69) is 30.8 Å². The average molecular weight is 267 g/mol. The second kappa shape index (κ2) is 5.43. The molecule has 7 heteroatoms. The van der Waals surface area contributed by atoms with E-state index >= 15 is 0 Å². The minimum Gasteiger partial charge on any atom is -0.379 e. The standard InChI is InChI=1S/C13H13N7/c1-20-13(17-18-19-20)10-3-2-4-11(7-10)16-9-12-8-14-5-6-15-12/h2-8,16H,9H2,1H3. The van der Waals surface area contributed by atoms with Gasteiger partial charge in [0.05, 0.1) is 18.4 Å². The van der Waals surface area contributed by atoms with Crippen LogP contribution in [0.1, 0.15) is 5.69 Å². The first-order valence-corrected chi connectivity index (χ1v) is 6.14. The Kier molecular flexibility index (Phi) is 3.32. The second-order valence-electron chi connectivity index (χ2n) is 4.26. The molecule has 0 saturated heterocycles. The molecule has 1 aromatic carbocycles. The summed E-state index contributed by atoms with van der Waals surface area (Å²) in [6.45, 7) is 0.619. The summed E-state index contributed by atoms with van der Waals surface area (Å²) in [4.78, 5) is 8.25. The minimum atomic E-state index is 0.619. The summed E-state index contributed by atoms with van der Waals surface area (Å²) in [5.74, 6) is 0.730. The van der Waals surface area contributed by atoms with Crippen LogP contribution in [-0.2, 0) is 13.6 Å². The molecule has 0 aliphatic rings. The molecule has 1 N–H and O–H groups in total. The summed E-state index contributed by atoms with van der Waals surface area (Å²) in [7, 11) is 1.81. The Morgan fingerprint density at radius 3 is 2.95 bits per heavy atom. The lowest BCUT2D eigenvalue weighted by atomic mass is 10.2. The first-order valence-electron chi connectivity index (χ1n) is 6.14. The van der Waals surface area contributed by atoms with Crippen LogP contribution in [-0.4, -0.2) is 30.2 Å². The average Bonchev–Trinajstić information content (AvgIpc) is 2.93. The smallest absolute Gasteiger partial charge is 0.181 e. The molecule has 7 nitrogen and oxygen atoms in total. The van der Waals surface area contributed by atoms with Gasteiger partial charge < -0.3 is 5.32 Å². The zero-order valence-electron chi connectivity index (χ0n) is 10.9. The van der Waals surface area contributed by atoms with Crippen molar-refractivity contribution in [3.05, 3.63) is 48.5 Å². The van der Waals surface area contributed by atoms with Crippen molar-refractivity contribution in [2.75, 3.05) is 5.32 Å². The zero-order chi connectivity index (χ0) is 13.8. The normalized spacial score (nSPS) is 10.4. The highest BCUT2D eigenvalue weighted by atomic mass is 15.5. The Hall–Kier alpha value is -2.83. The van der Waals surface area contributed by atoms with Crippen LogP contribution >= 0.6 is 0 Å². The number of tetrazole rings is 1. The summed E-state index contributed by atoms with van der Waals surface area (Å²) in [5, 5.41) is 14.8. The first-order chi connectivity index (χ1) is 9.83. The first kappa shape index (κ1) is 12.2. The molecule has 2 heterocycles. The number of hydrogen-bond acceptors (Lipinski definition) is 6. The highest BCUT2D eigenvalue weighted by Gasteiger charge is 2.06. The molecule has 100 valence electrons. The van der Waals surface area contributed by atoms with Crippen LogP contribution in [0, 0.1) is 0 Å². The number of aryl methyl sites for hydroxylation is 1. The van der Waals surface area contributed by atoms with E-state index in [0.717, 1.165) is 22.8 Å². The number of hydrogen-bond donors (Lipinski definition) is 1. The quantitative estimate of drug-likeness (QED) is 0.767. The third-order valence-electron chi connectivity index (χ3n) is 2.83.